The van der Waals surface area contributed by atoms with Gasteiger partial charge in [0.05, 0.1) is 13.2 Å². The number of carbonyl (C=O) groups is 1. The summed E-state index contributed by atoms with van der Waals surface area (Å²) in [7, 11) is 2.07. The van der Waals surface area contributed by atoms with Crippen LogP contribution in [0.3, 0.4) is 0 Å². The number of esters is 1. The first kappa shape index (κ1) is 68.5. The average molecular weight is 885 g/mol. The minimum Gasteiger partial charge on any atom is -0.462 e. The van der Waals surface area contributed by atoms with Crippen molar-refractivity contribution in [2.75, 3.05) is 19.7 Å². The maximum atomic E-state index is 12.2. The van der Waals surface area contributed by atoms with E-state index in [1.165, 1.54) is 141 Å². The van der Waals surface area contributed by atoms with Crippen LogP contribution in [0.2, 0.25) is 0 Å². The van der Waals surface area contributed by atoms with E-state index >= 15 is 0 Å². The maximum Gasteiger partial charge on any atom is 0.306 e. The van der Waals surface area contributed by atoms with Gasteiger partial charge in [-0.2, -0.15) is 6.42 Å². The van der Waals surface area contributed by atoms with Gasteiger partial charge in [0.25, 0.3) is 0 Å². The smallest absolute Gasteiger partial charge is 0.306 e. The van der Waals surface area contributed by atoms with Crippen molar-refractivity contribution in [1.82, 2.24) is 14.5 Å². The second-order valence-electron chi connectivity index (χ2n) is 14.9. The summed E-state index contributed by atoms with van der Waals surface area (Å²) in [6, 6.07) is 0. The van der Waals surface area contributed by atoms with E-state index in [0.717, 1.165) is 64.0 Å². The monoisotopic (exact) mass is 885 g/mol. The van der Waals surface area contributed by atoms with Gasteiger partial charge in [-0.25, -0.2) is 9.87 Å². The number of aryl methyl sites for hydroxylation is 1. The van der Waals surface area contributed by atoms with Crippen LogP contribution in [0.25, 0.3) is 0 Å². The van der Waals surface area contributed by atoms with Crippen molar-refractivity contribution < 1.29 is 56.8 Å². The number of imidazole rings is 1. The molecule has 1 aromatic heterocycles. The summed E-state index contributed by atoms with van der Waals surface area (Å²) in [6.45, 7) is 22.7. The van der Waals surface area contributed by atoms with Crippen LogP contribution >= 0.6 is 0 Å². The van der Waals surface area contributed by atoms with Crippen LogP contribution in [0.1, 0.15) is 248 Å². The van der Waals surface area contributed by atoms with Crippen molar-refractivity contribution >= 4 is 5.97 Å². The predicted octanol–water partition coefficient (Wildman–Crippen LogP) is 15.5. The summed E-state index contributed by atoms with van der Waals surface area (Å²) < 4.78 is 7.85. The fraction of sp³-hybridized carbons (Fsp3) is 0.896. The maximum absolute atomic E-state index is 12.2. The molecule has 0 saturated carbocycles. The zero-order valence-electron chi connectivity index (χ0n) is 38.7. The molecule has 342 valence electrons. The largest absolute Gasteiger partial charge is 0.462 e. The topological polar surface area (TPSA) is 76.8 Å². The van der Waals surface area contributed by atoms with E-state index in [2.05, 4.69) is 67.9 Å². The van der Waals surface area contributed by atoms with E-state index in [-0.39, 0.29) is 56.6 Å². The molecule has 9 heteroatoms. The minimum atomic E-state index is 0. The van der Waals surface area contributed by atoms with E-state index in [1.54, 1.807) is 0 Å². The third-order valence-corrected chi connectivity index (χ3v) is 9.79. The van der Waals surface area contributed by atoms with Crippen molar-refractivity contribution in [3.8, 4) is 0 Å². The number of rotatable bonds is 35. The SMILES string of the molecule is C.CC.CCCCCCC.CCCCCCCCCOO.[CH2-]CCCCN(CCCCCCCC(=O)OC(CC)CCCCCCCC)Cc1nccn1C.[V].[V]. The minimum absolute atomic E-state index is 0. The van der Waals surface area contributed by atoms with Crippen molar-refractivity contribution in [2.24, 2.45) is 7.05 Å². The third-order valence-electron chi connectivity index (χ3n) is 9.79. The van der Waals surface area contributed by atoms with E-state index in [1.807, 2.05) is 26.2 Å². The van der Waals surface area contributed by atoms with Crippen molar-refractivity contribution in [3.05, 3.63) is 25.1 Å². The van der Waals surface area contributed by atoms with Crippen molar-refractivity contribution in [2.45, 2.75) is 255 Å². The molecule has 0 aliphatic rings. The molecule has 1 unspecified atom stereocenters. The van der Waals surface area contributed by atoms with Crippen LogP contribution in [-0.2, 0) is 65.1 Å². The number of hydrogen-bond donors (Lipinski definition) is 1. The molecular weight excluding hydrogens is 784 g/mol. The van der Waals surface area contributed by atoms with Gasteiger partial charge < -0.3 is 16.2 Å². The Morgan fingerprint density at radius 3 is 1.60 bits per heavy atom. The molecule has 2 radical (unpaired) electrons. The molecule has 0 aliphatic heterocycles. The Hall–Kier alpha value is -0.271. The molecule has 0 bridgehead atoms. The first-order valence-corrected chi connectivity index (χ1v) is 23.4. The van der Waals surface area contributed by atoms with Gasteiger partial charge >= 0.3 is 5.97 Å². The first-order valence-electron chi connectivity index (χ1n) is 23.4. The van der Waals surface area contributed by atoms with Gasteiger partial charge in [-0.3, -0.25) is 15.0 Å². The molecule has 7 nitrogen and oxygen atoms in total. The van der Waals surface area contributed by atoms with E-state index < -0.39 is 0 Å². The third kappa shape index (κ3) is 53.7. The molecule has 1 aromatic rings. The average Bonchev–Trinajstić information content (AvgIpc) is 3.59. The number of ether oxygens (including phenoxy) is 1. The van der Waals surface area contributed by atoms with Crippen LogP contribution in [-0.4, -0.2) is 51.5 Å². The summed E-state index contributed by atoms with van der Waals surface area (Å²) >= 11 is 0. The summed E-state index contributed by atoms with van der Waals surface area (Å²) in [4.78, 5) is 23.2. The van der Waals surface area contributed by atoms with E-state index in [4.69, 9.17) is 9.99 Å². The van der Waals surface area contributed by atoms with Crippen LogP contribution < -0.4 is 0 Å². The van der Waals surface area contributed by atoms with Crippen molar-refractivity contribution in [3.63, 3.8) is 0 Å². The Labute approximate surface area is 381 Å². The Morgan fingerprint density at radius 1 is 0.702 bits per heavy atom. The fourth-order valence-electron chi connectivity index (χ4n) is 6.21. The molecule has 57 heavy (non-hydrogen) atoms. The fourth-order valence-corrected chi connectivity index (χ4v) is 6.21. The number of carbonyl (C=O) groups excluding carboxylic acids is 1. The molecular formula is C48H100N3O4V2-. The molecule has 1 N–H and O–H groups in total. The Balaban J connectivity index is -0.000000234. The first-order chi connectivity index (χ1) is 26.4. The number of aromatic nitrogens is 2. The Morgan fingerprint density at radius 2 is 1.14 bits per heavy atom. The van der Waals surface area contributed by atoms with Gasteiger partial charge in [-0.1, -0.05) is 184 Å². The standard InChI is InChI=1S/C29H54N3O2.C9H20O2.C7H16.C2H6.CH4.2V/c1-5-8-10-11-13-16-20-27(7-3)34-29(33)21-17-14-12-15-19-24-32(23-18-9-6-2)26-28-30-22-25-31(28)4;1-2-3-4-5-6-7-8-9-11-10;1-3-5-7-6-4-2;1-2;;;/h22,25,27H,2,5-21,23-24,26H2,1,3-4H3;10H,2-9H2,1H3;3-7H2,1-2H3;1-2H3;1H4;;/q-1;;;;;;. The quantitative estimate of drug-likeness (QED) is 0.0241. The van der Waals surface area contributed by atoms with Crippen LogP contribution in [0.5, 0.6) is 0 Å². The second kappa shape index (κ2) is 60.0. The summed E-state index contributed by atoms with van der Waals surface area (Å²) in [5.41, 5.74) is 0. The van der Waals surface area contributed by atoms with E-state index in [0.29, 0.717) is 13.0 Å². The van der Waals surface area contributed by atoms with Crippen molar-refractivity contribution in [1.29, 1.82) is 0 Å². The molecule has 0 saturated heterocycles. The molecule has 1 atom stereocenters. The Kier molecular flexibility index (Phi) is 72.1. The van der Waals surface area contributed by atoms with Crippen LogP contribution in [0.4, 0.5) is 0 Å². The number of unbranched alkanes of at least 4 members (excludes halogenated alkanes) is 21. The number of nitrogens with zero attached hydrogens (tertiary/aromatic N) is 3. The van der Waals surface area contributed by atoms with Gasteiger partial charge in [0.15, 0.2) is 0 Å². The zero-order valence-corrected chi connectivity index (χ0v) is 41.5. The molecule has 1 heterocycles. The number of hydrogen-bond acceptors (Lipinski definition) is 6. The summed E-state index contributed by atoms with van der Waals surface area (Å²) in [5.74, 6) is 1.14. The second-order valence-corrected chi connectivity index (χ2v) is 14.9. The van der Waals surface area contributed by atoms with Crippen LogP contribution in [0, 0.1) is 6.92 Å². The van der Waals surface area contributed by atoms with Gasteiger partial charge in [0.2, 0.25) is 0 Å². The van der Waals surface area contributed by atoms with E-state index in [9.17, 15) is 4.79 Å². The predicted molar refractivity (Wildman–Crippen MR) is 243 cm³/mol. The van der Waals surface area contributed by atoms with Crippen LogP contribution in [0.15, 0.2) is 12.4 Å². The molecule has 0 aromatic carbocycles. The molecule has 0 amide bonds. The van der Waals surface area contributed by atoms with Gasteiger partial charge in [0.1, 0.15) is 11.9 Å². The molecule has 0 aliphatic carbocycles. The van der Waals surface area contributed by atoms with Gasteiger partial charge in [-0.15, -0.1) is 0 Å². The molecule has 1 rings (SSSR count). The van der Waals surface area contributed by atoms with Gasteiger partial charge in [0, 0.05) is 63.0 Å². The normalized spacial score (nSPS) is 10.6. The summed E-state index contributed by atoms with van der Waals surface area (Å²) in [6.07, 6.45) is 39.2. The molecule has 0 spiro atoms. The Bertz CT molecular complexity index is 819. The molecule has 0 fully saturated rings. The van der Waals surface area contributed by atoms with Gasteiger partial charge in [-0.05, 0) is 58.0 Å². The zero-order chi connectivity index (χ0) is 40.8. The summed E-state index contributed by atoms with van der Waals surface area (Å²) in [5, 5.41) is 8.01.